The van der Waals surface area contributed by atoms with Gasteiger partial charge in [0, 0.05) is 0 Å². The lowest BCUT2D eigenvalue weighted by Crippen LogP contribution is -2.06. The molecule has 1 aliphatic carbocycles. The molecule has 0 fully saturated rings. The zero-order chi connectivity index (χ0) is 12.5. The van der Waals surface area contributed by atoms with Crippen molar-refractivity contribution in [2.24, 2.45) is 0 Å². The predicted octanol–water partition coefficient (Wildman–Crippen LogP) is 4.97. The maximum atomic E-state index is 12.5. The molecule has 0 bridgehead atoms. The largest absolute Gasteiger partial charge is 0.416 e. The van der Waals surface area contributed by atoms with Crippen LogP contribution in [0.1, 0.15) is 42.4 Å². The van der Waals surface area contributed by atoms with E-state index in [2.05, 4.69) is 6.08 Å². The van der Waals surface area contributed by atoms with Gasteiger partial charge in [-0.25, -0.2) is 0 Å². The van der Waals surface area contributed by atoms with E-state index >= 15 is 0 Å². The Balaban J connectivity index is 2.35. The Labute approximate surface area is 99.2 Å². The van der Waals surface area contributed by atoms with Crippen LogP contribution in [-0.2, 0) is 6.18 Å². The van der Waals surface area contributed by atoms with Crippen molar-refractivity contribution < 1.29 is 13.2 Å². The molecule has 0 radical (unpaired) electrons. The standard InChI is InChI=1S/C14H15F3/c1-10-9-12(14(15,16)17)7-8-13(10)11-5-3-2-4-6-11/h5,7-9H,2-4,6H2,1H3. The third-order valence-corrected chi connectivity index (χ3v) is 3.19. The van der Waals surface area contributed by atoms with E-state index in [1.807, 2.05) is 0 Å². The first-order valence-electron chi connectivity index (χ1n) is 5.86. The van der Waals surface area contributed by atoms with Crippen molar-refractivity contribution in [2.75, 3.05) is 0 Å². The highest BCUT2D eigenvalue weighted by Gasteiger charge is 2.30. The summed E-state index contributed by atoms with van der Waals surface area (Å²) < 4.78 is 37.6. The average molecular weight is 240 g/mol. The molecule has 1 aromatic carbocycles. The molecule has 3 heteroatoms. The third-order valence-electron chi connectivity index (χ3n) is 3.19. The number of benzene rings is 1. The van der Waals surface area contributed by atoms with Crippen molar-refractivity contribution in [1.82, 2.24) is 0 Å². The first-order chi connectivity index (χ1) is 7.98. The third kappa shape index (κ3) is 2.71. The van der Waals surface area contributed by atoms with Gasteiger partial charge in [0.2, 0.25) is 0 Å². The monoisotopic (exact) mass is 240 g/mol. The zero-order valence-electron chi connectivity index (χ0n) is 9.77. The van der Waals surface area contributed by atoms with Crippen LogP contribution < -0.4 is 0 Å². The Hall–Kier alpha value is -1.25. The molecule has 2 rings (SSSR count). The van der Waals surface area contributed by atoms with Gasteiger partial charge in [0.15, 0.2) is 0 Å². The Morgan fingerprint density at radius 2 is 1.88 bits per heavy atom. The first-order valence-corrected chi connectivity index (χ1v) is 5.86. The van der Waals surface area contributed by atoms with Gasteiger partial charge in [-0.2, -0.15) is 13.2 Å². The molecule has 0 amide bonds. The van der Waals surface area contributed by atoms with Gasteiger partial charge in [-0.05, 0) is 61.4 Å². The van der Waals surface area contributed by atoms with E-state index in [-0.39, 0.29) is 0 Å². The number of hydrogen-bond acceptors (Lipinski definition) is 0. The molecule has 0 unspecified atom stereocenters. The van der Waals surface area contributed by atoms with Crippen LogP contribution in [0.25, 0.3) is 5.57 Å². The Bertz CT molecular complexity index is 441. The van der Waals surface area contributed by atoms with Crippen LogP contribution >= 0.6 is 0 Å². The number of rotatable bonds is 1. The minimum atomic E-state index is -4.25. The van der Waals surface area contributed by atoms with Crippen molar-refractivity contribution in [3.63, 3.8) is 0 Å². The van der Waals surface area contributed by atoms with Crippen LogP contribution in [0.15, 0.2) is 24.3 Å². The fraction of sp³-hybridized carbons (Fsp3) is 0.429. The molecular weight excluding hydrogens is 225 g/mol. The summed E-state index contributed by atoms with van der Waals surface area (Å²) in [6.07, 6.45) is 2.24. The van der Waals surface area contributed by atoms with E-state index in [0.29, 0.717) is 5.56 Å². The molecule has 0 atom stereocenters. The number of alkyl halides is 3. The van der Waals surface area contributed by atoms with Crippen molar-refractivity contribution in [2.45, 2.75) is 38.8 Å². The second-order valence-corrected chi connectivity index (χ2v) is 4.50. The fourth-order valence-electron chi connectivity index (χ4n) is 2.28. The minimum absolute atomic E-state index is 0.560. The van der Waals surface area contributed by atoms with Gasteiger partial charge in [-0.3, -0.25) is 0 Å². The molecule has 1 aromatic rings. The number of hydrogen-bond donors (Lipinski definition) is 0. The predicted molar refractivity (Wildman–Crippen MR) is 62.6 cm³/mol. The molecule has 0 N–H and O–H groups in total. The van der Waals surface area contributed by atoms with Crippen molar-refractivity contribution in [1.29, 1.82) is 0 Å². The van der Waals surface area contributed by atoms with Gasteiger partial charge < -0.3 is 0 Å². The van der Waals surface area contributed by atoms with E-state index in [4.69, 9.17) is 0 Å². The highest BCUT2D eigenvalue weighted by Crippen LogP contribution is 2.34. The molecule has 0 aliphatic heterocycles. The van der Waals surface area contributed by atoms with Crippen LogP contribution in [0.5, 0.6) is 0 Å². The molecule has 1 aliphatic rings. The van der Waals surface area contributed by atoms with E-state index in [0.717, 1.165) is 24.8 Å². The lowest BCUT2D eigenvalue weighted by Gasteiger charge is -2.16. The summed E-state index contributed by atoms with van der Waals surface area (Å²) in [5.74, 6) is 0. The molecule has 92 valence electrons. The lowest BCUT2D eigenvalue weighted by atomic mass is 9.90. The first kappa shape index (κ1) is 12.2. The van der Waals surface area contributed by atoms with E-state index in [1.54, 1.807) is 13.0 Å². The molecule has 0 aromatic heterocycles. The van der Waals surface area contributed by atoms with Gasteiger partial charge in [0.1, 0.15) is 0 Å². The van der Waals surface area contributed by atoms with Gasteiger partial charge in [-0.1, -0.05) is 12.1 Å². The smallest absolute Gasteiger partial charge is 0.166 e. The van der Waals surface area contributed by atoms with E-state index in [9.17, 15) is 13.2 Å². The molecule has 0 saturated carbocycles. The summed E-state index contributed by atoms with van der Waals surface area (Å²) in [4.78, 5) is 0. The number of allylic oxidation sites excluding steroid dienone is 2. The van der Waals surface area contributed by atoms with Gasteiger partial charge >= 0.3 is 6.18 Å². The van der Waals surface area contributed by atoms with Crippen LogP contribution in [-0.4, -0.2) is 0 Å². The summed E-state index contributed by atoms with van der Waals surface area (Å²) in [6.45, 7) is 1.75. The number of aryl methyl sites for hydroxylation is 1. The van der Waals surface area contributed by atoms with Crippen molar-refractivity contribution in [3.05, 3.63) is 41.0 Å². The Morgan fingerprint density at radius 3 is 2.41 bits per heavy atom. The second-order valence-electron chi connectivity index (χ2n) is 4.50. The molecule has 0 nitrogen and oxygen atoms in total. The summed E-state index contributed by atoms with van der Waals surface area (Å²) in [5.41, 5.74) is 2.32. The van der Waals surface area contributed by atoms with E-state index in [1.165, 1.54) is 24.1 Å². The summed E-state index contributed by atoms with van der Waals surface area (Å²) in [7, 11) is 0. The van der Waals surface area contributed by atoms with E-state index < -0.39 is 11.7 Å². The van der Waals surface area contributed by atoms with Crippen molar-refractivity contribution in [3.8, 4) is 0 Å². The Kier molecular flexibility index (Phi) is 3.27. The topological polar surface area (TPSA) is 0 Å². The summed E-state index contributed by atoms with van der Waals surface area (Å²) >= 11 is 0. The van der Waals surface area contributed by atoms with Crippen LogP contribution in [0.2, 0.25) is 0 Å². The SMILES string of the molecule is Cc1cc(C(F)(F)F)ccc1C1=CCCCC1. The fourth-order valence-corrected chi connectivity index (χ4v) is 2.28. The lowest BCUT2D eigenvalue weighted by molar-refractivity contribution is -0.137. The van der Waals surface area contributed by atoms with Crippen LogP contribution in [0.3, 0.4) is 0 Å². The molecule has 0 spiro atoms. The second kappa shape index (κ2) is 4.55. The number of halogens is 3. The van der Waals surface area contributed by atoms with Gasteiger partial charge in [0.05, 0.1) is 5.56 Å². The molecule has 0 heterocycles. The van der Waals surface area contributed by atoms with Crippen LogP contribution in [0.4, 0.5) is 13.2 Å². The normalized spacial score (nSPS) is 16.8. The molecule has 17 heavy (non-hydrogen) atoms. The van der Waals surface area contributed by atoms with Gasteiger partial charge in [-0.15, -0.1) is 0 Å². The minimum Gasteiger partial charge on any atom is -0.166 e. The summed E-state index contributed by atoms with van der Waals surface area (Å²) in [5, 5.41) is 0. The quantitative estimate of drug-likeness (QED) is 0.650. The van der Waals surface area contributed by atoms with Crippen molar-refractivity contribution >= 4 is 5.57 Å². The molecule has 0 saturated heterocycles. The van der Waals surface area contributed by atoms with Crippen LogP contribution in [0, 0.1) is 6.92 Å². The highest BCUT2D eigenvalue weighted by molar-refractivity contribution is 5.69. The molecular formula is C14H15F3. The highest BCUT2D eigenvalue weighted by atomic mass is 19.4. The van der Waals surface area contributed by atoms with Gasteiger partial charge in [0.25, 0.3) is 0 Å². The Morgan fingerprint density at radius 1 is 1.12 bits per heavy atom. The average Bonchev–Trinajstić information content (AvgIpc) is 2.29. The maximum absolute atomic E-state index is 12.5. The maximum Gasteiger partial charge on any atom is 0.416 e. The zero-order valence-corrected chi connectivity index (χ0v) is 9.77. The summed E-state index contributed by atoms with van der Waals surface area (Å²) in [6, 6.07) is 4.03.